The fraction of sp³-hybridized carbons (Fsp3) is 0.0667. The van der Waals surface area contributed by atoms with E-state index in [-0.39, 0.29) is 11.5 Å². The van der Waals surface area contributed by atoms with E-state index in [1.165, 1.54) is 31.5 Å². The zero-order valence-corrected chi connectivity index (χ0v) is 13.7. The van der Waals surface area contributed by atoms with Crippen molar-refractivity contribution >= 4 is 34.7 Å². The summed E-state index contributed by atoms with van der Waals surface area (Å²) >= 11 is 2.11. The van der Waals surface area contributed by atoms with Crippen LogP contribution in [0.25, 0.3) is 0 Å². The third-order valence-electron chi connectivity index (χ3n) is 2.80. The summed E-state index contributed by atoms with van der Waals surface area (Å²) in [5, 5.41) is 22.6. The van der Waals surface area contributed by atoms with E-state index < -0.39 is 5.91 Å². The molecule has 114 valence electrons. The number of ether oxygens (including phenoxy) is 1. The van der Waals surface area contributed by atoms with Crippen LogP contribution in [0.5, 0.6) is 17.2 Å². The van der Waals surface area contributed by atoms with Crippen LogP contribution in [0, 0.1) is 3.57 Å². The Morgan fingerprint density at radius 3 is 2.73 bits per heavy atom. The van der Waals surface area contributed by atoms with Crippen molar-refractivity contribution in [3.05, 3.63) is 51.1 Å². The van der Waals surface area contributed by atoms with E-state index in [0.717, 1.165) is 3.57 Å². The van der Waals surface area contributed by atoms with Crippen molar-refractivity contribution in [2.45, 2.75) is 0 Å². The number of hydrogen-bond acceptors (Lipinski definition) is 5. The summed E-state index contributed by atoms with van der Waals surface area (Å²) < 4.78 is 6.05. The van der Waals surface area contributed by atoms with Crippen LogP contribution >= 0.6 is 22.6 Å². The second-order valence-electron chi connectivity index (χ2n) is 4.29. The average molecular weight is 412 g/mol. The van der Waals surface area contributed by atoms with Gasteiger partial charge in [-0.15, -0.1) is 0 Å². The van der Waals surface area contributed by atoms with Crippen LogP contribution in [0.15, 0.2) is 41.5 Å². The number of hydrazone groups is 1. The Morgan fingerprint density at radius 2 is 2.05 bits per heavy atom. The van der Waals surface area contributed by atoms with Gasteiger partial charge < -0.3 is 14.9 Å². The highest BCUT2D eigenvalue weighted by Crippen LogP contribution is 2.22. The summed E-state index contributed by atoms with van der Waals surface area (Å²) in [5.41, 5.74) is 3.14. The number of phenolic OH excluding ortho intramolecular Hbond substituents is 2. The van der Waals surface area contributed by atoms with E-state index in [4.69, 9.17) is 4.74 Å². The van der Waals surface area contributed by atoms with E-state index in [1.54, 1.807) is 18.2 Å². The molecule has 0 atom stereocenters. The van der Waals surface area contributed by atoms with E-state index in [2.05, 4.69) is 33.1 Å². The van der Waals surface area contributed by atoms with Crippen LogP contribution in [0.1, 0.15) is 15.9 Å². The molecule has 6 nitrogen and oxygen atoms in total. The molecule has 0 bridgehead atoms. The topological polar surface area (TPSA) is 91.2 Å². The van der Waals surface area contributed by atoms with Gasteiger partial charge in [0.15, 0.2) is 0 Å². The fourth-order valence-electron chi connectivity index (χ4n) is 1.67. The summed E-state index contributed by atoms with van der Waals surface area (Å²) in [4.78, 5) is 12.0. The fourth-order valence-corrected chi connectivity index (χ4v) is 2.22. The molecule has 0 unspecified atom stereocenters. The van der Waals surface area contributed by atoms with Crippen LogP contribution in [-0.4, -0.2) is 29.4 Å². The van der Waals surface area contributed by atoms with Gasteiger partial charge in [0.1, 0.15) is 17.2 Å². The van der Waals surface area contributed by atoms with Crippen LogP contribution < -0.4 is 10.2 Å². The molecule has 0 aliphatic heterocycles. The highest BCUT2D eigenvalue weighted by atomic mass is 127. The van der Waals surface area contributed by atoms with Crippen molar-refractivity contribution < 1.29 is 19.7 Å². The number of halogens is 1. The molecule has 0 aliphatic rings. The minimum Gasteiger partial charge on any atom is -0.508 e. The van der Waals surface area contributed by atoms with Gasteiger partial charge in [0.05, 0.1) is 16.9 Å². The number of phenols is 2. The summed E-state index contributed by atoms with van der Waals surface area (Å²) in [6.45, 7) is 0. The third-order valence-corrected chi connectivity index (χ3v) is 3.69. The van der Waals surface area contributed by atoms with Crippen molar-refractivity contribution in [1.29, 1.82) is 0 Å². The van der Waals surface area contributed by atoms with Crippen LogP contribution in [0.3, 0.4) is 0 Å². The Hall–Kier alpha value is -2.29. The van der Waals surface area contributed by atoms with Gasteiger partial charge in [0.25, 0.3) is 5.91 Å². The Bertz CT molecular complexity index is 731. The first-order valence-corrected chi connectivity index (χ1v) is 7.28. The number of benzene rings is 2. The normalized spacial score (nSPS) is 10.6. The minimum atomic E-state index is -0.399. The first kappa shape index (κ1) is 16.1. The number of carbonyl (C=O) groups is 1. The molecule has 2 rings (SSSR count). The van der Waals surface area contributed by atoms with Crippen molar-refractivity contribution in [3.8, 4) is 17.2 Å². The first-order valence-electron chi connectivity index (χ1n) is 6.20. The lowest BCUT2D eigenvalue weighted by molar-refractivity contribution is 0.0954. The van der Waals surface area contributed by atoms with Gasteiger partial charge >= 0.3 is 0 Å². The molecule has 1 amide bonds. The summed E-state index contributed by atoms with van der Waals surface area (Å²) in [7, 11) is 1.53. The molecule has 0 aromatic heterocycles. The van der Waals surface area contributed by atoms with Crippen molar-refractivity contribution in [3.63, 3.8) is 0 Å². The number of carbonyl (C=O) groups excluding carboxylic acids is 1. The number of rotatable bonds is 4. The number of nitrogens with zero attached hydrogens (tertiary/aromatic N) is 1. The summed E-state index contributed by atoms with van der Waals surface area (Å²) in [6, 6.07) is 9.12. The lowest BCUT2D eigenvalue weighted by Gasteiger charge is -2.05. The van der Waals surface area contributed by atoms with Gasteiger partial charge in [0, 0.05) is 17.2 Å². The highest BCUT2D eigenvalue weighted by Gasteiger charge is 2.08. The van der Waals surface area contributed by atoms with Crippen molar-refractivity contribution in [2.24, 2.45) is 5.10 Å². The van der Waals surface area contributed by atoms with Crippen LogP contribution in [-0.2, 0) is 0 Å². The van der Waals surface area contributed by atoms with Gasteiger partial charge in [-0.3, -0.25) is 4.79 Å². The molecule has 7 heteroatoms. The van der Waals surface area contributed by atoms with Gasteiger partial charge in [0.2, 0.25) is 0 Å². The average Bonchev–Trinajstić information content (AvgIpc) is 2.49. The molecule has 2 aromatic carbocycles. The predicted molar refractivity (Wildman–Crippen MR) is 90.5 cm³/mol. The Morgan fingerprint density at radius 1 is 1.27 bits per heavy atom. The van der Waals surface area contributed by atoms with Crippen LogP contribution in [0.2, 0.25) is 0 Å². The highest BCUT2D eigenvalue weighted by molar-refractivity contribution is 14.1. The molecule has 0 aliphatic carbocycles. The standard InChI is InChI=1S/C15H13IN2O4/c1-22-14-6-9(3-5-12(14)16)15(21)18-17-8-10-2-4-11(19)7-13(10)20/h2-8,19-20H,1H3,(H,18,21)/b17-8+. The van der Waals surface area contributed by atoms with Gasteiger partial charge in [-0.1, -0.05) is 0 Å². The molecule has 3 N–H and O–H groups in total. The maximum Gasteiger partial charge on any atom is 0.271 e. The molecular formula is C15H13IN2O4. The van der Waals surface area contributed by atoms with E-state index in [9.17, 15) is 15.0 Å². The third kappa shape index (κ3) is 3.88. The predicted octanol–water partition coefficient (Wildman–Crippen LogP) is 2.47. The van der Waals surface area contributed by atoms with E-state index in [1.807, 2.05) is 0 Å². The molecule has 0 spiro atoms. The lowest BCUT2D eigenvalue weighted by atomic mass is 10.2. The van der Waals surface area contributed by atoms with Crippen LogP contribution in [0.4, 0.5) is 0 Å². The lowest BCUT2D eigenvalue weighted by Crippen LogP contribution is -2.17. The second kappa shape index (κ2) is 7.12. The number of methoxy groups -OCH3 is 1. The zero-order chi connectivity index (χ0) is 16.1. The van der Waals surface area contributed by atoms with E-state index >= 15 is 0 Å². The number of hydrogen-bond donors (Lipinski definition) is 3. The molecule has 0 fully saturated rings. The molecule has 0 saturated carbocycles. The largest absolute Gasteiger partial charge is 0.508 e. The monoisotopic (exact) mass is 412 g/mol. The molecule has 22 heavy (non-hydrogen) atoms. The van der Waals surface area contributed by atoms with Crippen molar-refractivity contribution in [2.75, 3.05) is 7.11 Å². The number of amides is 1. The molecule has 2 aromatic rings. The minimum absolute atomic E-state index is 0.0512. The maximum absolute atomic E-state index is 12.0. The zero-order valence-electron chi connectivity index (χ0n) is 11.6. The number of aromatic hydroxyl groups is 2. The Kier molecular flexibility index (Phi) is 5.21. The molecular weight excluding hydrogens is 399 g/mol. The molecule has 0 radical (unpaired) electrons. The number of nitrogens with one attached hydrogen (secondary N) is 1. The molecule has 0 saturated heterocycles. The Labute approximate surface area is 140 Å². The quantitative estimate of drug-likeness (QED) is 0.409. The van der Waals surface area contributed by atoms with E-state index in [0.29, 0.717) is 16.9 Å². The molecule has 0 heterocycles. The van der Waals surface area contributed by atoms with Crippen molar-refractivity contribution in [1.82, 2.24) is 5.43 Å². The first-order chi connectivity index (χ1) is 10.5. The Balaban J connectivity index is 2.07. The SMILES string of the molecule is COc1cc(C(=O)N/N=C/c2ccc(O)cc2O)ccc1I. The van der Waals surface area contributed by atoms with Gasteiger partial charge in [-0.2, -0.15) is 5.10 Å². The smallest absolute Gasteiger partial charge is 0.271 e. The van der Waals surface area contributed by atoms with Gasteiger partial charge in [-0.05, 0) is 52.9 Å². The summed E-state index contributed by atoms with van der Waals surface area (Å²) in [6.07, 6.45) is 1.29. The summed E-state index contributed by atoms with van der Waals surface area (Å²) in [5.74, 6) is 0.0243. The maximum atomic E-state index is 12.0. The van der Waals surface area contributed by atoms with Gasteiger partial charge in [-0.25, -0.2) is 5.43 Å². The second-order valence-corrected chi connectivity index (χ2v) is 5.45.